The van der Waals surface area contributed by atoms with Crippen LogP contribution in [0.15, 0.2) is 36.9 Å². The Hall–Kier alpha value is -4.11. The van der Waals surface area contributed by atoms with Gasteiger partial charge in [0.25, 0.3) is 0 Å². The normalized spacial score (nSPS) is 10.7. The van der Waals surface area contributed by atoms with Gasteiger partial charge in [0.15, 0.2) is 5.82 Å². The van der Waals surface area contributed by atoms with Gasteiger partial charge in [0.1, 0.15) is 6.33 Å². The van der Waals surface area contributed by atoms with Crippen molar-refractivity contribution in [1.82, 2.24) is 34.3 Å². The number of hydrogen-bond acceptors (Lipinski definition) is 5. The maximum atomic E-state index is 7.37. The Morgan fingerprint density at radius 1 is 1.11 bits per heavy atom. The molecule has 4 aromatic rings. The zero-order valence-corrected chi connectivity index (χ0v) is 15.1. The average Bonchev–Trinajstić information content (AvgIpc) is 3.36. The number of hydrogen-bond donors (Lipinski definition) is 0. The third-order valence-corrected chi connectivity index (χ3v) is 4.32. The second-order valence-corrected chi connectivity index (χ2v) is 6.08. The highest BCUT2D eigenvalue weighted by molar-refractivity contribution is 5.58. The molecule has 4 rings (SSSR count). The standard InChI is InChI=1S/C19H15N9/c1-4-6-14-16(23-12-27-17(14)25-19(21-3)26-27)11-13-8-10-24-28(13)18-15(20-2)7-5-9-22-18/h5,7-10,12H,4,6,11H2,1H3. The molecule has 0 bridgehead atoms. The van der Waals surface area contributed by atoms with Crippen LogP contribution in [0.4, 0.5) is 11.6 Å². The maximum absolute atomic E-state index is 7.37. The molecule has 9 heteroatoms. The van der Waals surface area contributed by atoms with E-state index in [1.165, 1.54) is 0 Å². The monoisotopic (exact) mass is 369 g/mol. The van der Waals surface area contributed by atoms with Crippen LogP contribution in [0.3, 0.4) is 0 Å². The summed E-state index contributed by atoms with van der Waals surface area (Å²) >= 11 is 0. The van der Waals surface area contributed by atoms with Crippen molar-refractivity contribution in [2.45, 2.75) is 26.2 Å². The van der Waals surface area contributed by atoms with E-state index in [2.05, 4.69) is 41.8 Å². The molecule has 4 heterocycles. The summed E-state index contributed by atoms with van der Waals surface area (Å²) in [5, 5.41) is 8.48. The van der Waals surface area contributed by atoms with Crippen LogP contribution < -0.4 is 0 Å². The summed E-state index contributed by atoms with van der Waals surface area (Å²) in [5.41, 5.74) is 3.77. The lowest BCUT2D eigenvalue weighted by Crippen LogP contribution is -2.09. The van der Waals surface area contributed by atoms with Crippen molar-refractivity contribution in [3.05, 3.63) is 76.7 Å². The third-order valence-electron chi connectivity index (χ3n) is 4.32. The van der Waals surface area contributed by atoms with Crippen molar-refractivity contribution in [2.24, 2.45) is 0 Å². The van der Waals surface area contributed by atoms with Crippen molar-refractivity contribution < 1.29 is 0 Å². The van der Waals surface area contributed by atoms with Crippen molar-refractivity contribution in [3.8, 4) is 5.82 Å². The van der Waals surface area contributed by atoms with Gasteiger partial charge in [-0.25, -0.2) is 19.5 Å². The minimum absolute atomic E-state index is 0.108. The van der Waals surface area contributed by atoms with E-state index in [0.717, 1.165) is 29.8 Å². The quantitative estimate of drug-likeness (QED) is 0.504. The average molecular weight is 369 g/mol. The fourth-order valence-corrected chi connectivity index (χ4v) is 3.10. The van der Waals surface area contributed by atoms with Crippen LogP contribution in [-0.4, -0.2) is 34.3 Å². The van der Waals surface area contributed by atoms with Crippen LogP contribution >= 0.6 is 0 Å². The molecule has 0 fully saturated rings. The van der Waals surface area contributed by atoms with Gasteiger partial charge in [-0.3, -0.25) is 0 Å². The van der Waals surface area contributed by atoms with Gasteiger partial charge >= 0.3 is 5.95 Å². The lowest BCUT2D eigenvalue weighted by atomic mass is 10.1. The molecule has 0 spiro atoms. The van der Waals surface area contributed by atoms with Crippen LogP contribution in [0, 0.1) is 13.1 Å². The Morgan fingerprint density at radius 2 is 2.00 bits per heavy atom. The Balaban J connectivity index is 1.80. The number of pyridine rings is 1. The predicted molar refractivity (Wildman–Crippen MR) is 101 cm³/mol. The van der Waals surface area contributed by atoms with Crippen molar-refractivity contribution in [2.75, 3.05) is 0 Å². The topological polar surface area (TPSA) is 82.5 Å². The number of aryl methyl sites for hydroxylation is 1. The first-order valence-electron chi connectivity index (χ1n) is 8.71. The lowest BCUT2D eigenvalue weighted by Gasteiger charge is -2.10. The molecule has 9 nitrogen and oxygen atoms in total. The van der Waals surface area contributed by atoms with Crippen LogP contribution in [0.25, 0.3) is 21.2 Å². The molecule has 28 heavy (non-hydrogen) atoms. The Bertz CT molecular complexity index is 1240. The minimum atomic E-state index is 0.108. The number of nitrogens with zero attached hydrogens (tertiary/aromatic N) is 9. The van der Waals surface area contributed by atoms with E-state index < -0.39 is 0 Å². The van der Waals surface area contributed by atoms with Crippen LogP contribution in [0.5, 0.6) is 0 Å². The number of rotatable bonds is 5. The van der Waals surface area contributed by atoms with Gasteiger partial charge < -0.3 is 4.85 Å². The van der Waals surface area contributed by atoms with Gasteiger partial charge in [0.05, 0.1) is 18.0 Å². The fourth-order valence-electron chi connectivity index (χ4n) is 3.10. The summed E-state index contributed by atoms with van der Waals surface area (Å²) in [7, 11) is 0. The molecule has 0 radical (unpaired) electrons. The molecule has 0 aliphatic rings. The molecule has 0 aromatic carbocycles. The SMILES string of the molecule is [C-]#[N+]c1nc2c(CCC)c(Cc3ccnn3-c3ncccc3[N+]#[C-])ncn2n1. The number of aromatic nitrogens is 7. The molecule has 0 aliphatic carbocycles. The molecular weight excluding hydrogens is 354 g/mol. The summed E-state index contributed by atoms with van der Waals surface area (Å²) in [5.74, 6) is 0.602. The van der Waals surface area contributed by atoms with Crippen LogP contribution in [0.2, 0.25) is 0 Å². The summed E-state index contributed by atoms with van der Waals surface area (Å²) in [6.07, 6.45) is 7.09. The Morgan fingerprint density at radius 3 is 2.79 bits per heavy atom. The molecule has 4 aromatic heterocycles. The third kappa shape index (κ3) is 2.95. The molecule has 0 saturated carbocycles. The highest BCUT2D eigenvalue weighted by atomic mass is 15.3. The smallest absolute Gasteiger partial charge is 0.393 e. The molecule has 0 unspecified atom stereocenters. The summed E-state index contributed by atoms with van der Waals surface area (Å²) in [4.78, 5) is 20.1. The Kier molecular flexibility index (Phi) is 4.48. The van der Waals surface area contributed by atoms with Crippen molar-refractivity contribution in [1.29, 1.82) is 0 Å². The first-order chi connectivity index (χ1) is 13.7. The van der Waals surface area contributed by atoms with E-state index in [0.29, 0.717) is 23.6 Å². The molecule has 136 valence electrons. The highest BCUT2D eigenvalue weighted by Crippen LogP contribution is 2.24. The predicted octanol–water partition coefficient (Wildman–Crippen LogP) is 3.35. The van der Waals surface area contributed by atoms with Gasteiger partial charge in [-0.1, -0.05) is 25.5 Å². The van der Waals surface area contributed by atoms with Gasteiger partial charge in [0, 0.05) is 24.4 Å². The van der Waals surface area contributed by atoms with E-state index in [4.69, 9.17) is 13.1 Å². The molecular formula is C19H15N9. The zero-order chi connectivity index (χ0) is 19.5. The minimum Gasteiger partial charge on any atom is -0.393 e. The van der Waals surface area contributed by atoms with Gasteiger partial charge in [-0.15, -0.1) is 16.1 Å². The lowest BCUT2D eigenvalue weighted by molar-refractivity contribution is 0.779. The molecule has 0 saturated heterocycles. The van der Waals surface area contributed by atoms with E-state index in [1.54, 1.807) is 40.1 Å². The maximum Gasteiger partial charge on any atom is 0.394 e. The summed E-state index contributed by atoms with van der Waals surface area (Å²) in [6, 6.07) is 5.34. The van der Waals surface area contributed by atoms with Gasteiger partial charge in [-0.05, 0) is 17.6 Å². The van der Waals surface area contributed by atoms with E-state index in [9.17, 15) is 0 Å². The number of fused-ring (bicyclic) bond motifs is 1. The first-order valence-corrected chi connectivity index (χ1v) is 8.71. The molecule has 0 atom stereocenters. The summed E-state index contributed by atoms with van der Waals surface area (Å²) in [6.45, 7) is 16.6. The fraction of sp³-hybridized carbons (Fsp3) is 0.211. The Labute approximate surface area is 161 Å². The van der Waals surface area contributed by atoms with Crippen molar-refractivity contribution >= 4 is 17.3 Å². The second kappa shape index (κ2) is 7.25. The highest BCUT2D eigenvalue weighted by Gasteiger charge is 2.19. The summed E-state index contributed by atoms with van der Waals surface area (Å²) < 4.78 is 3.22. The second-order valence-electron chi connectivity index (χ2n) is 6.08. The van der Waals surface area contributed by atoms with Gasteiger partial charge in [-0.2, -0.15) is 5.10 Å². The van der Waals surface area contributed by atoms with Gasteiger partial charge in [0.2, 0.25) is 11.3 Å². The van der Waals surface area contributed by atoms with E-state index >= 15 is 0 Å². The molecule has 0 amide bonds. The molecule has 0 aliphatic heterocycles. The molecule has 0 N–H and O–H groups in total. The van der Waals surface area contributed by atoms with Crippen LogP contribution in [0.1, 0.15) is 30.3 Å². The first kappa shape index (κ1) is 17.3. The zero-order valence-electron chi connectivity index (χ0n) is 15.1. The van der Waals surface area contributed by atoms with Crippen molar-refractivity contribution in [3.63, 3.8) is 0 Å². The largest absolute Gasteiger partial charge is 0.394 e. The van der Waals surface area contributed by atoms with Crippen LogP contribution in [-0.2, 0) is 12.8 Å². The van der Waals surface area contributed by atoms with E-state index in [1.807, 2.05) is 6.07 Å². The van der Waals surface area contributed by atoms with E-state index in [-0.39, 0.29) is 5.95 Å².